The molecule has 0 aliphatic carbocycles. The Balaban J connectivity index is 2.59. The number of hydrogen-bond acceptors (Lipinski definition) is 4. The molecule has 0 saturated heterocycles. The fourth-order valence-electron chi connectivity index (χ4n) is 1.80. The molecule has 0 saturated carbocycles. The Morgan fingerprint density at radius 1 is 1.28 bits per heavy atom. The topological polar surface area (TPSA) is 92.6 Å². The van der Waals surface area contributed by atoms with Crippen molar-refractivity contribution in [3.05, 3.63) is 29.8 Å². The van der Waals surface area contributed by atoms with Gasteiger partial charge < -0.3 is 16.6 Å². The lowest BCUT2D eigenvalue weighted by Crippen LogP contribution is -2.34. The smallest absolute Gasteiger partial charge is 0.231 e. The molecule has 0 heterocycles. The number of hydrogen-bond donors (Lipinski definition) is 3. The zero-order valence-electron chi connectivity index (χ0n) is 10.5. The molecule has 100 valence electrons. The van der Waals surface area contributed by atoms with Crippen LogP contribution in [0.4, 0.5) is 5.69 Å². The summed E-state index contributed by atoms with van der Waals surface area (Å²) in [4.78, 5) is 13.0. The van der Waals surface area contributed by atoms with E-state index in [1.165, 1.54) is 0 Å². The van der Waals surface area contributed by atoms with Gasteiger partial charge in [0.15, 0.2) is 0 Å². The first-order chi connectivity index (χ1) is 8.63. The third-order valence-corrected chi connectivity index (χ3v) is 2.71. The van der Waals surface area contributed by atoms with E-state index >= 15 is 0 Å². The average molecular weight is 251 g/mol. The van der Waals surface area contributed by atoms with Crippen LogP contribution in [0.2, 0.25) is 0 Å². The third kappa shape index (κ3) is 5.16. The number of para-hydroxylation sites is 1. The Morgan fingerprint density at radius 3 is 2.61 bits per heavy atom. The summed E-state index contributed by atoms with van der Waals surface area (Å²) >= 11 is 0. The highest BCUT2D eigenvalue weighted by molar-refractivity contribution is 5.75. The molecule has 1 amide bonds. The molecule has 0 aliphatic heterocycles. The van der Waals surface area contributed by atoms with Crippen molar-refractivity contribution in [2.24, 2.45) is 5.73 Å². The average Bonchev–Trinajstić information content (AvgIpc) is 2.31. The Labute approximate surface area is 107 Å². The van der Waals surface area contributed by atoms with Gasteiger partial charge in [0.05, 0.1) is 6.54 Å². The van der Waals surface area contributed by atoms with Crippen LogP contribution in [-0.2, 0) is 11.3 Å². The Hall–Kier alpha value is -1.59. The summed E-state index contributed by atoms with van der Waals surface area (Å²) in [7, 11) is 0. The van der Waals surface area contributed by atoms with Gasteiger partial charge >= 0.3 is 0 Å². The summed E-state index contributed by atoms with van der Waals surface area (Å²) in [5.41, 5.74) is 12.8. The first kappa shape index (κ1) is 14.5. The molecular weight excluding hydrogens is 230 g/mol. The molecule has 0 fully saturated rings. The van der Waals surface area contributed by atoms with E-state index in [0.717, 1.165) is 24.9 Å². The van der Waals surface area contributed by atoms with E-state index in [1.54, 1.807) is 0 Å². The first-order valence-electron chi connectivity index (χ1n) is 6.08. The Bertz CT molecular complexity index is 382. The fraction of sp³-hybridized carbons (Fsp3) is 0.462. The lowest BCUT2D eigenvalue weighted by Gasteiger charge is -2.21. The van der Waals surface area contributed by atoms with E-state index in [2.05, 4.69) is 0 Å². The molecule has 1 aromatic rings. The number of nitrogens with zero attached hydrogens (tertiary/aromatic N) is 1. The van der Waals surface area contributed by atoms with Crippen LogP contribution in [-0.4, -0.2) is 35.6 Å². The van der Waals surface area contributed by atoms with Gasteiger partial charge in [0.2, 0.25) is 5.91 Å². The molecular formula is C13H21N3O2. The van der Waals surface area contributed by atoms with E-state index in [0.29, 0.717) is 12.2 Å². The van der Waals surface area contributed by atoms with E-state index < -0.39 is 0 Å². The Morgan fingerprint density at radius 2 is 2.00 bits per heavy atom. The van der Waals surface area contributed by atoms with Gasteiger partial charge in [0.1, 0.15) is 0 Å². The van der Waals surface area contributed by atoms with Crippen molar-refractivity contribution in [3.63, 3.8) is 0 Å². The standard InChI is InChI=1S/C13H21N3O2/c14-12-6-2-1-5-11(12)9-16(10-13(15)18)7-3-4-8-17/h1-2,5-6,17H,3-4,7-10,14H2,(H2,15,18). The molecule has 5 heteroatoms. The minimum Gasteiger partial charge on any atom is -0.398 e. The summed E-state index contributed by atoms with van der Waals surface area (Å²) in [6, 6.07) is 7.58. The van der Waals surface area contributed by atoms with Gasteiger partial charge in [0.25, 0.3) is 0 Å². The number of carbonyl (C=O) groups excluding carboxylic acids is 1. The number of carbonyl (C=O) groups is 1. The SMILES string of the molecule is NC(=O)CN(CCCCO)Cc1ccccc1N. The molecule has 1 rings (SSSR count). The minimum atomic E-state index is -0.353. The summed E-state index contributed by atoms with van der Waals surface area (Å²) < 4.78 is 0. The van der Waals surface area contributed by atoms with Crippen LogP contribution in [0.3, 0.4) is 0 Å². The second-order valence-electron chi connectivity index (χ2n) is 4.31. The van der Waals surface area contributed by atoms with Crippen LogP contribution < -0.4 is 11.5 Å². The molecule has 0 unspecified atom stereocenters. The van der Waals surface area contributed by atoms with Crippen LogP contribution in [0, 0.1) is 0 Å². The van der Waals surface area contributed by atoms with Crippen LogP contribution in [0.25, 0.3) is 0 Å². The van der Waals surface area contributed by atoms with Crippen molar-refractivity contribution < 1.29 is 9.90 Å². The van der Waals surface area contributed by atoms with E-state index in [1.807, 2.05) is 29.2 Å². The van der Waals surface area contributed by atoms with Crippen LogP contribution in [0.1, 0.15) is 18.4 Å². The first-order valence-corrected chi connectivity index (χ1v) is 6.08. The Kier molecular flexibility index (Phi) is 6.18. The van der Waals surface area contributed by atoms with Crippen molar-refractivity contribution in [2.45, 2.75) is 19.4 Å². The molecule has 18 heavy (non-hydrogen) atoms. The van der Waals surface area contributed by atoms with Gasteiger partial charge in [-0.05, 0) is 31.0 Å². The fourth-order valence-corrected chi connectivity index (χ4v) is 1.80. The normalized spacial score (nSPS) is 10.8. The maximum atomic E-state index is 11.0. The van der Waals surface area contributed by atoms with E-state index in [9.17, 15) is 4.79 Å². The van der Waals surface area contributed by atoms with Crippen LogP contribution >= 0.6 is 0 Å². The van der Waals surface area contributed by atoms with Crippen LogP contribution in [0.15, 0.2) is 24.3 Å². The molecule has 0 atom stereocenters. The monoisotopic (exact) mass is 251 g/mol. The quantitative estimate of drug-likeness (QED) is 0.458. The molecule has 0 bridgehead atoms. The largest absolute Gasteiger partial charge is 0.398 e. The molecule has 0 aliphatic rings. The molecule has 0 aromatic heterocycles. The van der Waals surface area contributed by atoms with Gasteiger partial charge in [0, 0.05) is 18.8 Å². The number of nitrogens with two attached hydrogens (primary N) is 2. The van der Waals surface area contributed by atoms with Gasteiger partial charge in [-0.1, -0.05) is 18.2 Å². The van der Waals surface area contributed by atoms with Crippen molar-refractivity contribution in [1.82, 2.24) is 4.90 Å². The number of amides is 1. The number of aliphatic hydroxyl groups is 1. The summed E-state index contributed by atoms with van der Waals surface area (Å²) in [6.45, 7) is 1.69. The molecule has 0 radical (unpaired) electrons. The summed E-state index contributed by atoms with van der Waals surface area (Å²) in [5.74, 6) is -0.353. The number of benzene rings is 1. The van der Waals surface area contributed by atoms with E-state index in [-0.39, 0.29) is 19.1 Å². The molecule has 0 spiro atoms. The number of aliphatic hydroxyl groups excluding tert-OH is 1. The van der Waals surface area contributed by atoms with Gasteiger partial charge in [-0.2, -0.15) is 0 Å². The minimum absolute atomic E-state index is 0.165. The number of anilines is 1. The van der Waals surface area contributed by atoms with Crippen molar-refractivity contribution in [2.75, 3.05) is 25.4 Å². The highest BCUT2D eigenvalue weighted by Crippen LogP contribution is 2.13. The zero-order valence-corrected chi connectivity index (χ0v) is 10.5. The second-order valence-corrected chi connectivity index (χ2v) is 4.31. The highest BCUT2D eigenvalue weighted by atomic mass is 16.2. The number of nitrogen functional groups attached to an aromatic ring is 1. The lowest BCUT2D eigenvalue weighted by molar-refractivity contribution is -0.119. The van der Waals surface area contributed by atoms with Gasteiger partial charge in [-0.15, -0.1) is 0 Å². The predicted molar refractivity (Wildman–Crippen MR) is 71.6 cm³/mol. The number of primary amides is 1. The molecule has 5 nitrogen and oxygen atoms in total. The highest BCUT2D eigenvalue weighted by Gasteiger charge is 2.10. The van der Waals surface area contributed by atoms with E-state index in [4.69, 9.17) is 16.6 Å². The van der Waals surface area contributed by atoms with Crippen LogP contribution in [0.5, 0.6) is 0 Å². The van der Waals surface area contributed by atoms with Crippen molar-refractivity contribution >= 4 is 11.6 Å². The zero-order chi connectivity index (χ0) is 13.4. The third-order valence-electron chi connectivity index (χ3n) is 2.71. The molecule has 5 N–H and O–H groups in total. The number of rotatable bonds is 8. The maximum absolute atomic E-state index is 11.0. The lowest BCUT2D eigenvalue weighted by atomic mass is 10.1. The molecule has 1 aromatic carbocycles. The second kappa shape index (κ2) is 7.68. The van der Waals surface area contributed by atoms with Gasteiger partial charge in [-0.3, -0.25) is 9.69 Å². The summed E-state index contributed by atoms with van der Waals surface area (Å²) in [5, 5.41) is 8.76. The van der Waals surface area contributed by atoms with Gasteiger partial charge in [-0.25, -0.2) is 0 Å². The predicted octanol–water partition coefficient (Wildman–Crippen LogP) is 0.329. The maximum Gasteiger partial charge on any atom is 0.231 e. The number of unbranched alkanes of at least 4 members (excludes halogenated alkanes) is 1. The summed E-state index contributed by atoms with van der Waals surface area (Å²) in [6.07, 6.45) is 1.55. The van der Waals surface area contributed by atoms with Crippen molar-refractivity contribution in [3.8, 4) is 0 Å². The van der Waals surface area contributed by atoms with Crippen molar-refractivity contribution in [1.29, 1.82) is 0 Å².